The number of rotatable bonds is 6. The smallest absolute Gasteiger partial charge is 0.226 e. The number of carbonyl (C=O) groups is 1. The quantitative estimate of drug-likeness (QED) is 0.214. The molecule has 4 aromatic rings. The molecule has 0 radical (unpaired) electrons. The molecule has 0 aromatic heterocycles. The predicted molar refractivity (Wildman–Crippen MR) is 137 cm³/mol. The Morgan fingerprint density at radius 1 is 0.848 bits per heavy atom. The molecule has 3 nitrogen and oxygen atoms in total. The number of hydrogen-bond acceptors (Lipinski definition) is 4. The van der Waals surface area contributed by atoms with Crippen molar-refractivity contribution in [1.29, 1.82) is 0 Å². The Labute approximate surface area is 202 Å². The first kappa shape index (κ1) is 22.6. The number of aliphatic imine (C=N–C) groups is 1. The lowest BCUT2D eigenvalue weighted by molar-refractivity contribution is 0.108. The largest absolute Gasteiger partial charge is 0.497 e. The van der Waals surface area contributed by atoms with E-state index in [4.69, 9.17) is 16.3 Å². The molecule has 0 saturated heterocycles. The number of halogens is 1. The summed E-state index contributed by atoms with van der Waals surface area (Å²) in [6, 6.07) is 32.3. The lowest BCUT2D eigenvalue weighted by Gasteiger charge is -2.07. The Morgan fingerprint density at radius 3 is 2.03 bits per heavy atom. The van der Waals surface area contributed by atoms with Crippen molar-refractivity contribution >= 4 is 45.6 Å². The summed E-state index contributed by atoms with van der Waals surface area (Å²) in [4.78, 5) is 18.5. The van der Waals surface area contributed by atoms with E-state index in [-0.39, 0.29) is 5.12 Å². The van der Waals surface area contributed by atoms with E-state index in [1.807, 2.05) is 84.9 Å². The SMILES string of the molecule is COc1ccc(SC(=O)c2cc(Cl)ccc2N=C=C(c2ccccc2)c2ccccc2)cc1. The van der Waals surface area contributed by atoms with Crippen molar-refractivity contribution in [1.82, 2.24) is 0 Å². The number of ether oxygens (including phenoxy) is 1. The number of thioether (sulfide) groups is 1. The first-order valence-electron chi connectivity index (χ1n) is 10.2. The summed E-state index contributed by atoms with van der Waals surface area (Å²) in [5, 5.41) is 0.326. The van der Waals surface area contributed by atoms with Gasteiger partial charge in [0.1, 0.15) is 5.75 Å². The molecule has 4 rings (SSSR count). The first-order valence-corrected chi connectivity index (χ1v) is 11.4. The zero-order valence-electron chi connectivity index (χ0n) is 17.9. The maximum atomic E-state index is 13.1. The second-order valence-corrected chi connectivity index (χ2v) is 8.54. The van der Waals surface area contributed by atoms with E-state index in [9.17, 15) is 4.79 Å². The van der Waals surface area contributed by atoms with Gasteiger partial charge in [-0.2, -0.15) is 0 Å². The van der Waals surface area contributed by atoms with E-state index < -0.39 is 0 Å². The number of hydrogen-bond donors (Lipinski definition) is 0. The lowest BCUT2D eigenvalue weighted by atomic mass is 9.99. The Bertz CT molecular complexity index is 1270. The van der Waals surface area contributed by atoms with Crippen LogP contribution in [0.25, 0.3) is 5.57 Å². The molecule has 0 spiro atoms. The highest BCUT2D eigenvalue weighted by Gasteiger charge is 2.14. The van der Waals surface area contributed by atoms with Crippen LogP contribution >= 0.6 is 23.4 Å². The van der Waals surface area contributed by atoms with Crippen LogP contribution in [0.4, 0.5) is 5.69 Å². The highest BCUT2D eigenvalue weighted by Crippen LogP contribution is 2.31. The molecule has 4 aromatic carbocycles. The summed E-state index contributed by atoms with van der Waals surface area (Å²) < 4.78 is 5.18. The molecule has 0 aliphatic carbocycles. The standard InChI is InChI=1S/C28H20ClNO2S/c1-32-23-13-15-24(16-14-23)33-28(31)25-18-22(29)12-17-27(25)30-19-26(20-8-4-2-5-9-20)21-10-6-3-7-11-21/h2-18H,1H3. The van der Waals surface area contributed by atoms with Gasteiger partial charge in [0.05, 0.1) is 23.9 Å². The summed E-state index contributed by atoms with van der Waals surface area (Å²) in [5.74, 6) is 3.92. The Hall–Kier alpha value is -3.56. The highest BCUT2D eigenvalue weighted by molar-refractivity contribution is 8.14. The topological polar surface area (TPSA) is 38.7 Å². The van der Waals surface area contributed by atoms with Gasteiger partial charge in [0, 0.05) is 9.92 Å². The summed E-state index contributed by atoms with van der Waals surface area (Å²) in [5.41, 5.74) is 3.75. The summed E-state index contributed by atoms with van der Waals surface area (Å²) in [7, 11) is 1.61. The van der Waals surface area contributed by atoms with Gasteiger partial charge in [-0.25, -0.2) is 4.99 Å². The fourth-order valence-electron chi connectivity index (χ4n) is 3.20. The minimum Gasteiger partial charge on any atom is -0.497 e. The van der Waals surface area contributed by atoms with Crippen molar-refractivity contribution in [3.05, 3.63) is 125 Å². The zero-order chi connectivity index (χ0) is 23.0. The number of benzene rings is 4. The van der Waals surface area contributed by atoms with Gasteiger partial charge in [0.2, 0.25) is 5.12 Å². The van der Waals surface area contributed by atoms with Gasteiger partial charge in [-0.15, -0.1) is 0 Å². The minimum absolute atomic E-state index is 0.149. The van der Waals surface area contributed by atoms with E-state index in [0.29, 0.717) is 16.3 Å². The third kappa shape index (κ3) is 5.82. The van der Waals surface area contributed by atoms with E-state index in [2.05, 4.69) is 10.9 Å². The minimum atomic E-state index is -0.149. The van der Waals surface area contributed by atoms with Crippen molar-refractivity contribution in [3.8, 4) is 5.75 Å². The van der Waals surface area contributed by atoms with Crippen LogP contribution in [0.5, 0.6) is 5.75 Å². The number of carbonyl (C=O) groups excluding carboxylic acids is 1. The van der Waals surface area contributed by atoms with Gasteiger partial charge in [-0.1, -0.05) is 72.3 Å². The molecular formula is C28H20ClNO2S. The van der Waals surface area contributed by atoms with Gasteiger partial charge in [-0.3, -0.25) is 4.79 Å². The molecule has 0 bridgehead atoms. The second-order valence-electron chi connectivity index (χ2n) is 7.06. The molecule has 0 heterocycles. The molecule has 0 N–H and O–H groups in total. The van der Waals surface area contributed by atoms with Crippen molar-refractivity contribution < 1.29 is 9.53 Å². The van der Waals surface area contributed by atoms with Crippen molar-refractivity contribution in [2.45, 2.75) is 4.90 Å². The van der Waals surface area contributed by atoms with Crippen molar-refractivity contribution in [2.75, 3.05) is 7.11 Å². The van der Waals surface area contributed by atoms with E-state index in [0.717, 1.165) is 39.1 Å². The molecule has 5 heteroatoms. The Morgan fingerprint density at radius 2 is 1.45 bits per heavy atom. The van der Waals surface area contributed by atoms with Crippen LogP contribution in [0.1, 0.15) is 21.5 Å². The number of methoxy groups -OCH3 is 1. The lowest BCUT2D eigenvalue weighted by Crippen LogP contribution is -1.95. The third-order valence-corrected chi connectivity index (χ3v) is 6.01. The Balaban J connectivity index is 1.73. The fraction of sp³-hybridized carbons (Fsp3) is 0.0357. The van der Waals surface area contributed by atoms with Crippen LogP contribution in [0.3, 0.4) is 0 Å². The second kappa shape index (κ2) is 10.8. The van der Waals surface area contributed by atoms with E-state index in [1.165, 1.54) is 0 Å². The maximum absolute atomic E-state index is 13.1. The van der Waals surface area contributed by atoms with Gasteiger partial charge >= 0.3 is 0 Å². The molecule has 0 aliphatic heterocycles. The molecule has 0 atom stereocenters. The molecule has 0 amide bonds. The Kier molecular flexibility index (Phi) is 7.43. The van der Waals surface area contributed by atoms with Crippen LogP contribution in [-0.2, 0) is 0 Å². The van der Waals surface area contributed by atoms with Crippen LogP contribution < -0.4 is 4.74 Å². The summed E-state index contributed by atoms with van der Waals surface area (Å²) in [6.45, 7) is 0. The maximum Gasteiger partial charge on any atom is 0.226 e. The van der Waals surface area contributed by atoms with Crippen LogP contribution in [0.2, 0.25) is 5.02 Å². The van der Waals surface area contributed by atoms with Crippen LogP contribution in [0, 0.1) is 0 Å². The molecule has 0 saturated carbocycles. The molecule has 0 aliphatic rings. The molecule has 0 fully saturated rings. The van der Waals surface area contributed by atoms with Gasteiger partial charge < -0.3 is 4.74 Å². The average Bonchev–Trinajstić information content (AvgIpc) is 2.86. The van der Waals surface area contributed by atoms with E-state index >= 15 is 0 Å². The average molecular weight is 470 g/mol. The van der Waals surface area contributed by atoms with Crippen LogP contribution in [0.15, 0.2) is 113 Å². The zero-order valence-corrected chi connectivity index (χ0v) is 19.4. The predicted octanol–water partition coefficient (Wildman–Crippen LogP) is 7.71. The molecule has 0 unspecified atom stereocenters. The van der Waals surface area contributed by atoms with Gasteiger partial charge in [0.25, 0.3) is 0 Å². The highest BCUT2D eigenvalue weighted by atomic mass is 35.5. The van der Waals surface area contributed by atoms with Crippen molar-refractivity contribution in [3.63, 3.8) is 0 Å². The third-order valence-electron chi connectivity index (χ3n) is 4.86. The first-order chi connectivity index (χ1) is 16.1. The molecular weight excluding hydrogens is 450 g/mol. The van der Waals surface area contributed by atoms with E-state index in [1.54, 1.807) is 25.3 Å². The van der Waals surface area contributed by atoms with Crippen molar-refractivity contribution in [2.24, 2.45) is 4.99 Å². The molecule has 162 valence electrons. The van der Waals surface area contributed by atoms with Gasteiger partial charge in [-0.05, 0) is 71.2 Å². The number of nitrogens with zero attached hydrogens (tertiary/aromatic N) is 1. The normalized spacial score (nSPS) is 10.2. The molecule has 33 heavy (non-hydrogen) atoms. The summed E-state index contributed by atoms with van der Waals surface area (Å²) >= 11 is 7.33. The summed E-state index contributed by atoms with van der Waals surface area (Å²) in [6.07, 6.45) is 0. The fourth-order valence-corrected chi connectivity index (χ4v) is 4.13. The van der Waals surface area contributed by atoms with Crippen LogP contribution in [-0.4, -0.2) is 18.1 Å². The monoisotopic (exact) mass is 469 g/mol. The van der Waals surface area contributed by atoms with Gasteiger partial charge in [0.15, 0.2) is 0 Å².